The Labute approximate surface area is 278 Å². The number of nitrogens with one attached hydrogen (secondary N) is 1. The van der Waals surface area contributed by atoms with Crippen molar-refractivity contribution in [1.29, 1.82) is 0 Å². The molecule has 9 heteroatoms. The molecule has 250 valence electrons. The predicted molar refractivity (Wildman–Crippen MR) is 183 cm³/mol. The highest BCUT2D eigenvalue weighted by Gasteiger charge is 2.51. The highest BCUT2D eigenvalue weighted by atomic mass is 32.2. The summed E-state index contributed by atoms with van der Waals surface area (Å²) in [7, 11) is -3.87. The van der Waals surface area contributed by atoms with Gasteiger partial charge in [0.05, 0.1) is 11.9 Å². The molecule has 0 spiro atoms. The smallest absolute Gasteiger partial charge is 0.244 e. The SMILES string of the molecule is CCCNC(=O)C(Cc1ccccc1)N(Cc1ccc(F)cc1)C(=O)CN(c1ccc(C23CC4CC(CC(C4)C2)C3)cc1)S(C)(=O)=O. The van der Waals surface area contributed by atoms with E-state index in [0.717, 1.165) is 40.3 Å². The van der Waals surface area contributed by atoms with Crippen molar-refractivity contribution in [1.82, 2.24) is 10.2 Å². The quantitative estimate of drug-likeness (QED) is 0.236. The van der Waals surface area contributed by atoms with Crippen LogP contribution in [0.1, 0.15) is 68.6 Å². The molecule has 3 aromatic carbocycles. The van der Waals surface area contributed by atoms with E-state index in [9.17, 15) is 22.4 Å². The van der Waals surface area contributed by atoms with Crippen molar-refractivity contribution >= 4 is 27.5 Å². The fourth-order valence-electron chi connectivity index (χ4n) is 8.77. The van der Waals surface area contributed by atoms with Crippen molar-refractivity contribution < 1.29 is 22.4 Å². The molecule has 0 aliphatic heterocycles. The Kier molecular flexibility index (Phi) is 9.74. The Balaban J connectivity index is 1.29. The fourth-order valence-corrected chi connectivity index (χ4v) is 9.62. The van der Waals surface area contributed by atoms with Crippen molar-refractivity contribution in [3.05, 3.63) is 101 Å². The normalized spacial score (nSPS) is 23.7. The zero-order chi connectivity index (χ0) is 33.2. The Bertz CT molecular complexity index is 1630. The second-order valence-electron chi connectivity index (χ2n) is 14.2. The molecule has 0 radical (unpaired) electrons. The number of halogens is 1. The van der Waals surface area contributed by atoms with Crippen LogP contribution in [-0.4, -0.2) is 50.5 Å². The lowest BCUT2D eigenvalue weighted by Gasteiger charge is -2.57. The topological polar surface area (TPSA) is 86.8 Å². The van der Waals surface area contributed by atoms with Crippen LogP contribution in [0.5, 0.6) is 0 Å². The summed E-state index contributed by atoms with van der Waals surface area (Å²) in [5, 5.41) is 2.93. The number of sulfonamides is 1. The number of amides is 2. The molecule has 7 nitrogen and oxygen atoms in total. The van der Waals surface area contributed by atoms with E-state index < -0.39 is 34.3 Å². The summed E-state index contributed by atoms with van der Waals surface area (Å²) >= 11 is 0. The summed E-state index contributed by atoms with van der Waals surface area (Å²) in [5.74, 6) is 1.12. The molecule has 4 fully saturated rings. The van der Waals surface area contributed by atoms with Gasteiger partial charge in [0.1, 0.15) is 18.4 Å². The van der Waals surface area contributed by atoms with Gasteiger partial charge in [0, 0.05) is 19.5 Å². The minimum Gasteiger partial charge on any atom is -0.354 e. The van der Waals surface area contributed by atoms with E-state index >= 15 is 0 Å². The lowest BCUT2D eigenvalue weighted by Crippen LogP contribution is -2.53. The van der Waals surface area contributed by atoms with Crippen molar-refractivity contribution in [2.75, 3.05) is 23.7 Å². The first-order chi connectivity index (χ1) is 22.5. The molecule has 1 N–H and O–H groups in total. The molecule has 4 aliphatic carbocycles. The Morgan fingerprint density at radius 3 is 2.02 bits per heavy atom. The van der Waals surface area contributed by atoms with Crippen LogP contribution in [0.3, 0.4) is 0 Å². The van der Waals surface area contributed by atoms with Crippen molar-refractivity contribution in [2.24, 2.45) is 17.8 Å². The predicted octanol–water partition coefficient (Wildman–Crippen LogP) is 6.23. The van der Waals surface area contributed by atoms with Crippen LogP contribution in [0, 0.1) is 23.6 Å². The number of anilines is 1. The zero-order valence-corrected chi connectivity index (χ0v) is 28.2. The van der Waals surface area contributed by atoms with Crippen molar-refractivity contribution in [3.63, 3.8) is 0 Å². The van der Waals surface area contributed by atoms with Crippen LogP contribution in [0.2, 0.25) is 0 Å². The van der Waals surface area contributed by atoms with Crippen LogP contribution in [0.4, 0.5) is 10.1 Å². The van der Waals surface area contributed by atoms with E-state index in [2.05, 4.69) is 17.4 Å². The van der Waals surface area contributed by atoms with Crippen LogP contribution in [-0.2, 0) is 38.0 Å². The van der Waals surface area contributed by atoms with Gasteiger partial charge >= 0.3 is 0 Å². The van der Waals surface area contributed by atoms with E-state index in [-0.39, 0.29) is 24.3 Å². The first-order valence-electron chi connectivity index (χ1n) is 17.0. The number of hydrogen-bond acceptors (Lipinski definition) is 4. The van der Waals surface area contributed by atoms with E-state index in [4.69, 9.17) is 0 Å². The first kappa shape index (κ1) is 33.2. The van der Waals surface area contributed by atoms with E-state index in [1.54, 1.807) is 12.1 Å². The highest BCUT2D eigenvalue weighted by molar-refractivity contribution is 7.92. The average molecular weight is 660 g/mol. The molecule has 1 atom stereocenters. The summed E-state index contributed by atoms with van der Waals surface area (Å²) in [4.78, 5) is 29.4. The van der Waals surface area contributed by atoms with Crippen LogP contribution in [0.25, 0.3) is 0 Å². The third kappa shape index (κ3) is 7.56. The maximum absolute atomic E-state index is 14.3. The molecule has 47 heavy (non-hydrogen) atoms. The molecule has 4 aliphatic rings. The first-order valence-corrected chi connectivity index (χ1v) is 18.8. The molecule has 4 saturated carbocycles. The van der Waals surface area contributed by atoms with Gasteiger partial charge in [-0.25, -0.2) is 12.8 Å². The van der Waals surface area contributed by atoms with Gasteiger partial charge in [-0.15, -0.1) is 0 Å². The number of nitrogens with zero attached hydrogens (tertiary/aromatic N) is 2. The zero-order valence-electron chi connectivity index (χ0n) is 27.4. The van der Waals surface area contributed by atoms with Gasteiger partial charge < -0.3 is 10.2 Å². The number of carbonyl (C=O) groups excluding carboxylic acids is 2. The van der Waals surface area contributed by atoms with Crippen LogP contribution in [0.15, 0.2) is 78.9 Å². The van der Waals surface area contributed by atoms with Crippen LogP contribution < -0.4 is 9.62 Å². The third-order valence-corrected chi connectivity index (χ3v) is 11.7. The molecular weight excluding hydrogens is 614 g/mol. The Hall–Kier alpha value is -3.72. The number of hydrogen-bond donors (Lipinski definition) is 1. The van der Waals surface area contributed by atoms with Crippen LogP contribution >= 0.6 is 0 Å². The summed E-state index contributed by atoms with van der Waals surface area (Å²) in [6.07, 6.45) is 9.70. The maximum atomic E-state index is 14.3. The van der Waals surface area contributed by atoms with Gasteiger partial charge in [-0.2, -0.15) is 0 Å². The maximum Gasteiger partial charge on any atom is 0.244 e. The molecule has 0 aromatic heterocycles. The average Bonchev–Trinajstić information content (AvgIpc) is 3.04. The van der Waals surface area contributed by atoms with Crippen molar-refractivity contribution in [2.45, 2.75) is 76.3 Å². The van der Waals surface area contributed by atoms with E-state index in [0.29, 0.717) is 17.8 Å². The van der Waals surface area contributed by atoms with Gasteiger partial charge in [-0.05, 0) is 109 Å². The fraction of sp³-hybridized carbons (Fsp3) is 0.474. The third-order valence-electron chi connectivity index (χ3n) is 10.6. The number of benzene rings is 3. The Morgan fingerprint density at radius 2 is 1.47 bits per heavy atom. The number of carbonyl (C=O) groups is 2. The monoisotopic (exact) mass is 659 g/mol. The molecule has 0 saturated heterocycles. The van der Waals surface area contributed by atoms with Gasteiger partial charge in [0.15, 0.2) is 0 Å². The van der Waals surface area contributed by atoms with Gasteiger partial charge in [0.2, 0.25) is 21.8 Å². The Morgan fingerprint density at radius 1 is 0.872 bits per heavy atom. The molecule has 7 rings (SSSR count). The number of rotatable bonds is 13. The largest absolute Gasteiger partial charge is 0.354 e. The van der Waals surface area contributed by atoms with Gasteiger partial charge in [0.25, 0.3) is 0 Å². The molecule has 4 bridgehead atoms. The summed E-state index contributed by atoms with van der Waals surface area (Å²) < 4.78 is 41.5. The minimum atomic E-state index is -3.87. The lowest BCUT2D eigenvalue weighted by molar-refractivity contribution is -0.140. The molecule has 2 amide bonds. The molecule has 3 aromatic rings. The lowest BCUT2D eigenvalue weighted by atomic mass is 9.48. The summed E-state index contributed by atoms with van der Waals surface area (Å²) in [6.45, 7) is 1.93. The highest BCUT2D eigenvalue weighted by Crippen LogP contribution is 2.60. The summed E-state index contributed by atoms with van der Waals surface area (Å²) in [6, 6.07) is 22.1. The summed E-state index contributed by atoms with van der Waals surface area (Å²) in [5.41, 5.74) is 3.36. The van der Waals surface area contributed by atoms with Gasteiger partial charge in [-0.3, -0.25) is 13.9 Å². The molecular formula is C38H46FN3O4S. The molecule has 0 heterocycles. The minimum absolute atomic E-state index is 0.0126. The second-order valence-corrected chi connectivity index (χ2v) is 16.1. The van der Waals surface area contributed by atoms with Crippen molar-refractivity contribution in [3.8, 4) is 0 Å². The van der Waals surface area contributed by atoms with E-state index in [1.807, 2.05) is 49.4 Å². The molecule has 1 unspecified atom stereocenters. The van der Waals surface area contributed by atoms with E-state index in [1.165, 1.54) is 61.1 Å². The standard InChI is InChI=1S/C38H46FN3O4S/c1-3-17-40-37(44)35(21-27-7-5-4-6-8-27)41(25-28-9-13-33(39)14-10-28)36(43)26-42(47(2,45)46)34-15-11-32(12-16-34)38-22-29-18-30(23-38)20-31(19-29)24-38/h4-16,29-31,35H,3,17-26H2,1-2H3,(H,40,44). The van der Waals surface area contributed by atoms with Gasteiger partial charge in [-0.1, -0.05) is 61.5 Å². The second kappa shape index (κ2) is 13.8.